The molecule has 156 valence electrons. The zero-order valence-electron chi connectivity index (χ0n) is 17.8. The summed E-state index contributed by atoms with van der Waals surface area (Å²) in [5.41, 5.74) is 6.66. The van der Waals surface area contributed by atoms with Crippen molar-refractivity contribution in [2.24, 2.45) is 0 Å². The maximum Gasteiger partial charge on any atom is 0.283 e. The van der Waals surface area contributed by atoms with Crippen molar-refractivity contribution in [2.75, 3.05) is 0 Å². The zero-order chi connectivity index (χ0) is 22.1. The number of hydrogen-bond donors (Lipinski definition) is 0. The fourth-order valence-corrected chi connectivity index (χ4v) is 4.90. The van der Waals surface area contributed by atoms with Gasteiger partial charge in [0.25, 0.3) is 5.69 Å². The highest BCUT2D eigenvalue weighted by molar-refractivity contribution is 7.99. The van der Waals surface area contributed by atoms with E-state index in [1.165, 1.54) is 11.8 Å². The van der Waals surface area contributed by atoms with Gasteiger partial charge in [0, 0.05) is 22.1 Å². The van der Waals surface area contributed by atoms with E-state index in [2.05, 4.69) is 6.07 Å². The van der Waals surface area contributed by atoms with E-state index in [1.54, 1.807) is 18.2 Å². The SMILES string of the molecule is Cc1ccc(Sc2ccc(/C=C3\CCc4c(C)cc(C)cc4C3=O)cc2[N+](=O)[O-])cc1. The molecular weight excluding hydrogens is 406 g/mol. The molecule has 4 rings (SSSR count). The maximum atomic E-state index is 13.1. The van der Waals surface area contributed by atoms with E-state index < -0.39 is 0 Å². The molecule has 0 saturated carbocycles. The van der Waals surface area contributed by atoms with Crippen LogP contribution < -0.4 is 0 Å². The summed E-state index contributed by atoms with van der Waals surface area (Å²) in [6.07, 6.45) is 3.25. The van der Waals surface area contributed by atoms with Crippen LogP contribution in [0.25, 0.3) is 6.08 Å². The molecule has 0 aromatic heterocycles. The van der Waals surface area contributed by atoms with Crippen LogP contribution in [0, 0.1) is 30.9 Å². The molecule has 1 aliphatic rings. The molecule has 5 heteroatoms. The Kier molecular flexibility index (Phi) is 5.79. The van der Waals surface area contributed by atoms with E-state index in [-0.39, 0.29) is 16.4 Å². The molecule has 0 bridgehead atoms. The van der Waals surface area contributed by atoms with Crippen molar-refractivity contribution in [1.82, 2.24) is 0 Å². The maximum absolute atomic E-state index is 13.1. The molecule has 0 fully saturated rings. The summed E-state index contributed by atoms with van der Waals surface area (Å²) >= 11 is 1.37. The Balaban J connectivity index is 1.66. The van der Waals surface area contributed by atoms with Crippen molar-refractivity contribution in [2.45, 2.75) is 43.4 Å². The molecule has 0 amide bonds. The number of carbonyl (C=O) groups excluding carboxylic acids is 1. The van der Waals surface area contributed by atoms with Crippen molar-refractivity contribution < 1.29 is 9.72 Å². The lowest BCUT2D eigenvalue weighted by Gasteiger charge is -2.20. The zero-order valence-corrected chi connectivity index (χ0v) is 18.6. The minimum Gasteiger partial charge on any atom is -0.289 e. The highest BCUT2D eigenvalue weighted by Crippen LogP contribution is 2.36. The fourth-order valence-electron chi connectivity index (χ4n) is 4.00. The van der Waals surface area contributed by atoms with Crippen LogP contribution in [0.15, 0.2) is 70.0 Å². The number of allylic oxidation sites excluding steroid dienone is 1. The Bertz CT molecular complexity index is 1230. The first-order chi connectivity index (χ1) is 14.8. The Morgan fingerprint density at radius 1 is 0.935 bits per heavy atom. The molecule has 0 saturated heterocycles. The Morgan fingerprint density at radius 3 is 2.39 bits per heavy atom. The van der Waals surface area contributed by atoms with Crippen molar-refractivity contribution in [1.29, 1.82) is 0 Å². The van der Waals surface area contributed by atoms with Crippen molar-refractivity contribution in [3.63, 3.8) is 0 Å². The van der Waals surface area contributed by atoms with Gasteiger partial charge in [-0.1, -0.05) is 47.2 Å². The average molecular weight is 430 g/mol. The summed E-state index contributed by atoms with van der Waals surface area (Å²) in [6.45, 7) is 6.04. The third-order valence-corrected chi connectivity index (χ3v) is 6.64. The van der Waals surface area contributed by atoms with Gasteiger partial charge in [0.1, 0.15) is 0 Å². The summed E-state index contributed by atoms with van der Waals surface area (Å²) < 4.78 is 0. The van der Waals surface area contributed by atoms with Crippen LogP contribution in [0.3, 0.4) is 0 Å². The predicted molar refractivity (Wildman–Crippen MR) is 125 cm³/mol. The second kappa shape index (κ2) is 8.52. The second-order valence-corrected chi connectivity index (χ2v) is 9.12. The van der Waals surface area contributed by atoms with Gasteiger partial charge in [-0.25, -0.2) is 0 Å². The molecule has 3 aromatic carbocycles. The van der Waals surface area contributed by atoms with Gasteiger partial charge in [0.15, 0.2) is 5.78 Å². The van der Waals surface area contributed by atoms with Gasteiger partial charge in [-0.05, 0) is 80.6 Å². The average Bonchev–Trinajstić information content (AvgIpc) is 2.73. The fraction of sp³-hybridized carbons (Fsp3) is 0.192. The van der Waals surface area contributed by atoms with Gasteiger partial charge in [0.05, 0.1) is 9.82 Å². The number of fused-ring (bicyclic) bond motifs is 1. The molecule has 0 unspecified atom stereocenters. The Labute approximate surface area is 186 Å². The standard InChI is InChI=1S/C26H23NO3S/c1-16-4-8-21(9-5-16)31-25-11-6-19(15-24(25)27(29)30)14-20-7-10-22-18(3)12-17(2)13-23(22)26(20)28/h4-6,8-9,11-15H,7,10H2,1-3H3/b20-14+. The largest absolute Gasteiger partial charge is 0.289 e. The van der Waals surface area contributed by atoms with E-state index in [4.69, 9.17) is 0 Å². The number of aryl methyl sites for hydroxylation is 3. The number of benzene rings is 3. The van der Waals surface area contributed by atoms with Crippen molar-refractivity contribution in [3.8, 4) is 0 Å². The molecule has 31 heavy (non-hydrogen) atoms. The third-order valence-electron chi connectivity index (χ3n) is 5.57. The van der Waals surface area contributed by atoms with Crippen LogP contribution >= 0.6 is 11.8 Å². The first kappa shape index (κ1) is 21.1. The van der Waals surface area contributed by atoms with Crippen LogP contribution in [0.1, 0.15) is 44.6 Å². The highest BCUT2D eigenvalue weighted by Gasteiger charge is 2.24. The smallest absolute Gasteiger partial charge is 0.283 e. The summed E-state index contributed by atoms with van der Waals surface area (Å²) in [7, 11) is 0. The van der Waals surface area contributed by atoms with Crippen LogP contribution in [0.2, 0.25) is 0 Å². The first-order valence-electron chi connectivity index (χ1n) is 10.2. The summed E-state index contributed by atoms with van der Waals surface area (Å²) in [5, 5.41) is 11.7. The molecule has 3 aromatic rings. The van der Waals surface area contributed by atoms with Crippen LogP contribution in [-0.2, 0) is 6.42 Å². The van der Waals surface area contributed by atoms with E-state index in [9.17, 15) is 14.9 Å². The minimum atomic E-state index is -0.358. The number of ketones is 1. The lowest BCUT2D eigenvalue weighted by Crippen LogP contribution is -2.15. The molecule has 1 aliphatic carbocycles. The number of nitrogens with zero attached hydrogens (tertiary/aromatic N) is 1. The Hall–Kier alpha value is -3.18. The number of nitro benzene ring substituents is 1. The topological polar surface area (TPSA) is 60.2 Å². The van der Waals surface area contributed by atoms with E-state index in [1.807, 2.05) is 57.2 Å². The van der Waals surface area contributed by atoms with E-state index in [0.717, 1.165) is 39.1 Å². The lowest BCUT2D eigenvalue weighted by atomic mass is 9.83. The normalized spacial score (nSPS) is 14.5. The molecule has 0 heterocycles. The molecule has 4 nitrogen and oxygen atoms in total. The van der Waals surface area contributed by atoms with E-state index in [0.29, 0.717) is 22.5 Å². The molecule has 0 spiro atoms. The minimum absolute atomic E-state index is 0.0220. The third kappa shape index (κ3) is 4.47. The summed E-state index contributed by atoms with van der Waals surface area (Å²) in [5.74, 6) is 0.0220. The quantitative estimate of drug-likeness (QED) is 0.257. The number of Topliss-reactive ketones (excluding diaryl/α,β-unsaturated/α-hetero) is 1. The van der Waals surface area contributed by atoms with Crippen LogP contribution in [0.5, 0.6) is 0 Å². The molecular formula is C26H23NO3S. The number of hydrogen-bond acceptors (Lipinski definition) is 4. The number of nitro groups is 1. The van der Waals surface area contributed by atoms with Gasteiger partial charge in [-0.3, -0.25) is 14.9 Å². The summed E-state index contributed by atoms with van der Waals surface area (Å²) in [4.78, 5) is 26.0. The van der Waals surface area contributed by atoms with Gasteiger partial charge in [0.2, 0.25) is 0 Å². The molecule has 0 aliphatic heterocycles. The van der Waals surface area contributed by atoms with E-state index >= 15 is 0 Å². The lowest BCUT2D eigenvalue weighted by molar-refractivity contribution is -0.387. The number of carbonyl (C=O) groups is 1. The van der Waals surface area contributed by atoms with Gasteiger partial charge < -0.3 is 0 Å². The predicted octanol–water partition coefficient (Wildman–Crippen LogP) is 6.88. The van der Waals surface area contributed by atoms with Crippen LogP contribution in [-0.4, -0.2) is 10.7 Å². The van der Waals surface area contributed by atoms with Gasteiger partial charge in [-0.2, -0.15) is 0 Å². The molecule has 0 N–H and O–H groups in total. The first-order valence-corrected chi connectivity index (χ1v) is 11.0. The van der Waals surface area contributed by atoms with Crippen molar-refractivity contribution >= 4 is 29.3 Å². The van der Waals surface area contributed by atoms with Gasteiger partial charge in [-0.15, -0.1) is 0 Å². The van der Waals surface area contributed by atoms with Crippen molar-refractivity contribution in [3.05, 3.63) is 104 Å². The van der Waals surface area contributed by atoms with Crippen LogP contribution in [0.4, 0.5) is 5.69 Å². The van der Waals surface area contributed by atoms with Gasteiger partial charge >= 0.3 is 0 Å². The molecule has 0 atom stereocenters. The number of rotatable bonds is 4. The monoisotopic (exact) mass is 429 g/mol. The molecule has 0 radical (unpaired) electrons. The summed E-state index contributed by atoms with van der Waals surface area (Å²) in [6, 6.07) is 17.1. The second-order valence-electron chi connectivity index (χ2n) is 8.01. The Morgan fingerprint density at radius 2 is 1.68 bits per heavy atom. The highest BCUT2D eigenvalue weighted by atomic mass is 32.2.